The molecule has 0 radical (unpaired) electrons. The minimum absolute atomic E-state index is 0.0290. The fourth-order valence-corrected chi connectivity index (χ4v) is 3.65. The second-order valence-corrected chi connectivity index (χ2v) is 8.19. The van der Waals surface area contributed by atoms with Crippen LogP contribution < -0.4 is 15.4 Å². The van der Waals surface area contributed by atoms with Crippen molar-refractivity contribution >= 4 is 35.1 Å². The lowest BCUT2D eigenvalue weighted by atomic mass is 10.1. The molecule has 2 aromatic carbocycles. The van der Waals surface area contributed by atoms with Crippen LogP contribution in [0.4, 0.5) is 0 Å². The summed E-state index contributed by atoms with van der Waals surface area (Å²) in [6.07, 6.45) is -0.217. The third-order valence-corrected chi connectivity index (χ3v) is 5.22. The lowest BCUT2D eigenvalue weighted by Crippen LogP contribution is -2.60. The molecule has 1 atom stereocenters. The number of hydrogen-bond acceptors (Lipinski definition) is 6. The van der Waals surface area contributed by atoms with E-state index in [0.29, 0.717) is 24.4 Å². The van der Waals surface area contributed by atoms with Crippen molar-refractivity contribution in [3.05, 3.63) is 65.7 Å². The van der Waals surface area contributed by atoms with Gasteiger partial charge in [-0.05, 0) is 49.8 Å². The Hall–Kier alpha value is -3.46. The molecule has 0 aliphatic carbocycles. The average Bonchev–Trinajstić information content (AvgIpc) is 2.79. The van der Waals surface area contributed by atoms with E-state index in [2.05, 4.69) is 10.6 Å². The number of piperazine rings is 1. The molecule has 0 saturated carbocycles. The van der Waals surface area contributed by atoms with Crippen LogP contribution in [0.3, 0.4) is 0 Å². The maximum atomic E-state index is 12.7. The van der Waals surface area contributed by atoms with Crippen LogP contribution in [0.25, 0.3) is 0 Å². The molecule has 1 unspecified atom stereocenters. The summed E-state index contributed by atoms with van der Waals surface area (Å²) in [5.74, 6) is -0.731. The molecule has 8 nitrogen and oxygen atoms in total. The van der Waals surface area contributed by atoms with E-state index in [1.54, 1.807) is 29.2 Å². The number of hydrogen-bond donors (Lipinski definition) is 2. The quantitative estimate of drug-likeness (QED) is 0.475. The summed E-state index contributed by atoms with van der Waals surface area (Å²) in [6, 6.07) is 15.2. The maximum Gasteiger partial charge on any atom is 0.308 e. The Bertz CT molecular complexity index is 1010. The molecule has 1 heterocycles. The molecule has 1 fully saturated rings. The second-order valence-electron chi connectivity index (χ2n) is 7.80. The third kappa shape index (κ3) is 7.01. The summed E-state index contributed by atoms with van der Waals surface area (Å²) in [6.45, 7) is 4.62. The van der Waals surface area contributed by atoms with E-state index in [1.165, 1.54) is 0 Å². The molecule has 1 aliphatic heterocycles. The van der Waals surface area contributed by atoms with Crippen LogP contribution in [0.15, 0.2) is 54.6 Å². The van der Waals surface area contributed by atoms with Crippen molar-refractivity contribution in [3.63, 3.8) is 0 Å². The summed E-state index contributed by atoms with van der Waals surface area (Å²) >= 11 is 5.41. The van der Waals surface area contributed by atoms with Gasteiger partial charge in [-0.15, -0.1) is 0 Å². The number of nitrogens with one attached hydrogen (secondary N) is 2. The minimum Gasteiger partial charge on any atom is -0.491 e. The van der Waals surface area contributed by atoms with E-state index >= 15 is 0 Å². The zero-order chi connectivity index (χ0) is 23.8. The lowest BCUT2D eigenvalue weighted by molar-refractivity contribution is -0.148. The number of nitrogens with zero attached hydrogens (tertiary/aromatic N) is 1. The summed E-state index contributed by atoms with van der Waals surface area (Å²) in [5.41, 5.74) is 1.22. The Morgan fingerprint density at radius 1 is 1.18 bits per heavy atom. The van der Waals surface area contributed by atoms with Crippen molar-refractivity contribution in [2.45, 2.75) is 39.0 Å². The van der Waals surface area contributed by atoms with E-state index in [9.17, 15) is 14.4 Å². The van der Waals surface area contributed by atoms with Gasteiger partial charge < -0.3 is 19.7 Å². The van der Waals surface area contributed by atoms with Crippen LogP contribution in [0.5, 0.6) is 5.75 Å². The van der Waals surface area contributed by atoms with Gasteiger partial charge in [0, 0.05) is 18.7 Å². The topological polar surface area (TPSA) is 97.0 Å². The van der Waals surface area contributed by atoms with Gasteiger partial charge in [-0.1, -0.05) is 36.4 Å². The Kier molecular flexibility index (Phi) is 8.37. The van der Waals surface area contributed by atoms with Gasteiger partial charge in [0.25, 0.3) is 5.91 Å². The molecule has 2 aromatic rings. The summed E-state index contributed by atoms with van der Waals surface area (Å²) in [5, 5.41) is 5.46. The summed E-state index contributed by atoms with van der Waals surface area (Å²) < 4.78 is 10.9. The van der Waals surface area contributed by atoms with Crippen molar-refractivity contribution in [2.24, 2.45) is 0 Å². The molecule has 3 rings (SSSR count). The van der Waals surface area contributed by atoms with E-state index < -0.39 is 17.9 Å². The van der Waals surface area contributed by atoms with Gasteiger partial charge in [0.15, 0.2) is 5.11 Å². The Balaban J connectivity index is 1.62. The normalized spacial score (nSPS) is 15.5. The number of benzene rings is 2. The van der Waals surface area contributed by atoms with Crippen LogP contribution in [0.1, 0.15) is 36.2 Å². The molecule has 174 valence electrons. The summed E-state index contributed by atoms with van der Waals surface area (Å²) in [7, 11) is 0. The zero-order valence-electron chi connectivity index (χ0n) is 18.6. The third-order valence-electron chi connectivity index (χ3n) is 4.88. The molecule has 2 N–H and O–H groups in total. The van der Waals surface area contributed by atoms with Crippen LogP contribution >= 0.6 is 12.2 Å². The predicted octanol–water partition coefficient (Wildman–Crippen LogP) is 2.42. The molecule has 0 spiro atoms. The number of amides is 2. The fourth-order valence-electron chi connectivity index (χ4n) is 3.34. The lowest BCUT2D eigenvalue weighted by Gasteiger charge is -2.36. The number of carbonyl (C=O) groups excluding carboxylic acids is 3. The molecule has 0 bridgehead atoms. The van der Waals surface area contributed by atoms with E-state index in [0.717, 1.165) is 5.56 Å². The van der Waals surface area contributed by atoms with Crippen molar-refractivity contribution in [1.82, 2.24) is 15.5 Å². The maximum absolute atomic E-state index is 12.7. The fraction of sp³-hybridized carbons (Fsp3) is 0.333. The molecule has 33 heavy (non-hydrogen) atoms. The van der Waals surface area contributed by atoms with Gasteiger partial charge >= 0.3 is 5.97 Å². The predicted molar refractivity (Wildman–Crippen MR) is 127 cm³/mol. The van der Waals surface area contributed by atoms with Crippen LogP contribution in [-0.2, 0) is 20.9 Å². The van der Waals surface area contributed by atoms with E-state index in [4.69, 9.17) is 21.7 Å². The van der Waals surface area contributed by atoms with Gasteiger partial charge in [-0.2, -0.15) is 0 Å². The first kappa shape index (κ1) is 24.2. The number of thiocarbonyl (C=S) groups is 1. The molecular formula is C24H27N3O5S. The number of ether oxygens (including phenoxy) is 2. The van der Waals surface area contributed by atoms with Crippen LogP contribution in [0, 0.1) is 0 Å². The number of carbonyl (C=O) groups is 3. The van der Waals surface area contributed by atoms with Gasteiger partial charge in [0.1, 0.15) is 18.4 Å². The SMILES string of the molecule is CC(C)Oc1cccc(C(=O)NC(=S)N2CCNC(=O)C2CC(=O)OCc2ccccc2)c1. The smallest absolute Gasteiger partial charge is 0.308 e. The molecular weight excluding hydrogens is 442 g/mol. The van der Waals surface area contributed by atoms with Crippen LogP contribution in [0.2, 0.25) is 0 Å². The first-order valence-electron chi connectivity index (χ1n) is 10.7. The highest BCUT2D eigenvalue weighted by atomic mass is 32.1. The van der Waals surface area contributed by atoms with Gasteiger partial charge in [-0.25, -0.2) is 0 Å². The van der Waals surface area contributed by atoms with Crippen molar-refractivity contribution in [2.75, 3.05) is 13.1 Å². The molecule has 1 aliphatic rings. The van der Waals surface area contributed by atoms with Crippen molar-refractivity contribution < 1.29 is 23.9 Å². The molecule has 9 heteroatoms. The largest absolute Gasteiger partial charge is 0.491 e. The highest BCUT2D eigenvalue weighted by molar-refractivity contribution is 7.80. The van der Waals surface area contributed by atoms with Crippen molar-refractivity contribution in [1.29, 1.82) is 0 Å². The Labute approximate surface area is 198 Å². The highest BCUT2D eigenvalue weighted by Gasteiger charge is 2.34. The Morgan fingerprint density at radius 3 is 2.67 bits per heavy atom. The minimum atomic E-state index is -0.870. The van der Waals surface area contributed by atoms with E-state index in [1.807, 2.05) is 44.2 Å². The van der Waals surface area contributed by atoms with Gasteiger partial charge in [0.2, 0.25) is 5.91 Å². The average molecular weight is 470 g/mol. The zero-order valence-corrected chi connectivity index (χ0v) is 19.4. The van der Waals surface area contributed by atoms with Crippen LogP contribution in [-0.4, -0.2) is 53.0 Å². The standard InChI is InChI=1S/C24H27N3O5S/c1-16(2)32-19-10-6-9-18(13-19)22(29)26-24(33)27-12-11-25-23(30)20(27)14-21(28)31-15-17-7-4-3-5-8-17/h3-10,13,16,20H,11-12,14-15H2,1-2H3,(H,25,30)(H,26,29,33). The van der Waals surface area contributed by atoms with Gasteiger partial charge in [-0.3, -0.25) is 19.7 Å². The second kappa shape index (κ2) is 11.4. The first-order valence-corrected chi connectivity index (χ1v) is 11.1. The van der Waals surface area contributed by atoms with Gasteiger partial charge in [0.05, 0.1) is 12.5 Å². The molecule has 2 amide bonds. The monoisotopic (exact) mass is 469 g/mol. The van der Waals surface area contributed by atoms with E-state index in [-0.39, 0.29) is 30.2 Å². The summed E-state index contributed by atoms with van der Waals surface area (Å²) in [4.78, 5) is 39.1. The molecule has 0 aromatic heterocycles. The molecule has 1 saturated heterocycles. The van der Waals surface area contributed by atoms with Crippen molar-refractivity contribution in [3.8, 4) is 5.75 Å². The number of esters is 1. The highest BCUT2D eigenvalue weighted by Crippen LogP contribution is 2.16. The Morgan fingerprint density at radius 2 is 1.94 bits per heavy atom. The first-order chi connectivity index (χ1) is 15.8. The number of rotatable bonds is 7.